The van der Waals surface area contributed by atoms with E-state index in [1.165, 1.54) is 11.1 Å². The standard InChI is InChI=1S/C14H22N4O3/c1-2-10-3-5-11(6-4-10)14(21)15-7-12-8-18(17-16-12)9-13(19)20/h8,10-11H,2-7,9H2,1H3,(H,15,21)(H,19,20). The van der Waals surface area contributed by atoms with Crippen molar-refractivity contribution < 1.29 is 14.7 Å². The zero-order valence-electron chi connectivity index (χ0n) is 12.3. The maximum Gasteiger partial charge on any atom is 0.325 e. The Morgan fingerprint density at radius 1 is 1.38 bits per heavy atom. The molecule has 1 aliphatic rings. The predicted octanol–water partition coefficient (Wildman–Crippen LogP) is 1.20. The van der Waals surface area contributed by atoms with Crippen molar-refractivity contribution in [2.75, 3.05) is 0 Å². The molecule has 1 amide bonds. The third-order valence-corrected chi connectivity index (χ3v) is 4.12. The number of hydrogen-bond acceptors (Lipinski definition) is 4. The highest BCUT2D eigenvalue weighted by Gasteiger charge is 2.25. The lowest BCUT2D eigenvalue weighted by molar-refractivity contribution is -0.138. The third-order valence-electron chi connectivity index (χ3n) is 4.12. The number of carbonyl (C=O) groups excluding carboxylic acids is 1. The molecule has 1 saturated carbocycles. The van der Waals surface area contributed by atoms with Gasteiger partial charge in [0.05, 0.1) is 12.7 Å². The van der Waals surface area contributed by atoms with E-state index in [1.54, 1.807) is 6.20 Å². The fourth-order valence-corrected chi connectivity index (χ4v) is 2.79. The third kappa shape index (κ3) is 4.54. The Morgan fingerprint density at radius 3 is 2.71 bits per heavy atom. The Hall–Kier alpha value is -1.92. The summed E-state index contributed by atoms with van der Waals surface area (Å²) in [5.41, 5.74) is 0.576. The van der Waals surface area contributed by atoms with Gasteiger partial charge in [-0.2, -0.15) is 0 Å². The summed E-state index contributed by atoms with van der Waals surface area (Å²) in [6, 6.07) is 0. The largest absolute Gasteiger partial charge is 0.480 e. The van der Waals surface area contributed by atoms with Crippen molar-refractivity contribution in [3.05, 3.63) is 11.9 Å². The fourth-order valence-electron chi connectivity index (χ4n) is 2.79. The summed E-state index contributed by atoms with van der Waals surface area (Å²) in [6.07, 6.45) is 6.91. The van der Waals surface area contributed by atoms with E-state index in [4.69, 9.17) is 5.11 Å². The molecule has 0 unspecified atom stereocenters. The van der Waals surface area contributed by atoms with Gasteiger partial charge in [-0.1, -0.05) is 18.6 Å². The van der Waals surface area contributed by atoms with Crippen LogP contribution in [0.15, 0.2) is 6.20 Å². The second-order valence-corrected chi connectivity index (χ2v) is 5.64. The van der Waals surface area contributed by atoms with E-state index in [0.717, 1.165) is 31.6 Å². The van der Waals surface area contributed by atoms with Crippen LogP contribution in [0.25, 0.3) is 0 Å². The van der Waals surface area contributed by atoms with Gasteiger partial charge in [-0.15, -0.1) is 5.10 Å². The van der Waals surface area contributed by atoms with Crippen LogP contribution in [0.5, 0.6) is 0 Å². The zero-order valence-corrected chi connectivity index (χ0v) is 12.3. The minimum atomic E-state index is -0.969. The molecule has 0 aliphatic heterocycles. The fraction of sp³-hybridized carbons (Fsp3) is 0.714. The number of carbonyl (C=O) groups is 2. The SMILES string of the molecule is CCC1CCC(C(=O)NCc2cn(CC(=O)O)nn2)CC1. The summed E-state index contributed by atoms with van der Waals surface area (Å²) in [5.74, 6) is -0.0349. The van der Waals surface area contributed by atoms with Gasteiger partial charge in [0.1, 0.15) is 12.2 Å². The van der Waals surface area contributed by atoms with Crippen molar-refractivity contribution in [3.63, 3.8) is 0 Å². The monoisotopic (exact) mass is 294 g/mol. The van der Waals surface area contributed by atoms with E-state index in [9.17, 15) is 9.59 Å². The molecule has 1 aliphatic carbocycles. The Labute approximate surface area is 123 Å². The van der Waals surface area contributed by atoms with Gasteiger partial charge in [0.2, 0.25) is 5.91 Å². The Balaban J connectivity index is 1.76. The van der Waals surface area contributed by atoms with Gasteiger partial charge >= 0.3 is 5.97 Å². The molecule has 0 saturated heterocycles. The molecule has 2 N–H and O–H groups in total. The molecular formula is C14H22N4O3. The van der Waals surface area contributed by atoms with E-state index < -0.39 is 5.97 Å². The molecule has 0 bridgehead atoms. The van der Waals surface area contributed by atoms with Crippen LogP contribution >= 0.6 is 0 Å². The van der Waals surface area contributed by atoms with E-state index in [1.807, 2.05) is 0 Å². The van der Waals surface area contributed by atoms with Crippen molar-refractivity contribution in [3.8, 4) is 0 Å². The lowest BCUT2D eigenvalue weighted by Crippen LogP contribution is -2.32. The molecule has 0 atom stereocenters. The first kappa shape index (κ1) is 15.5. The van der Waals surface area contributed by atoms with E-state index in [0.29, 0.717) is 12.2 Å². The molecule has 7 heteroatoms. The van der Waals surface area contributed by atoms with Crippen LogP contribution in [0.2, 0.25) is 0 Å². The molecule has 1 fully saturated rings. The zero-order chi connectivity index (χ0) is 15.2. The van der Waals surface area contributed by atoms with Crippen LogP contribution in [-0.4, -0.2) is 32.0 Å². The number of aliphatic carboxylic acids is 1. The van der Waals surface area contributed by atoms with Gasteiger partial charge in [-0.25, -0.2) is 4.68 Å². The number of nitrogens with one attached hydrogen (secondary N) is 1. The summed E-state index contributed by atoms with van der Waals surface area (Å²) in [4.78, 5) is 22.6. The minimum absolute atomic E-state index is 0.0670. The maximum absolute atomic E-state index is 12.1. The van der Waals surface area contributed by atoms with Crippen LogP contribution in [0.1, 0.15) is 44.7 Å². The normalized spacial score (nSPS) is 22.0. The Kier molecular flexibility index (Phi) is 5.30. The highest BCUT2D eigenvalue weighted by molar-refractivity contribution is 5.78. The van der Waals surface area contributed by atoms with Crippen molar-refractivity contribution in [2.24, 2.45) is 11.8 Å². The summed E-state index contributed by atoms with van der Waals surface area (Å²) < 4.78 is 1.25. The Morgan fingerprint density at radius 2 is 2.10 bits per heavy atom. The van der Waals surface area contributed by atoms with Crippen LogP contribution in [-0.2, 0) is 22.7 Å². The molecule has 0 aromatic carbocycles. The van der Waals surface area contributed by atoms with Crippen molar-refractivity contribution in [2.45, 2.75) is 52.1 Å². The van der Waals surface area contributed by atoms with Crippen molar-refractivity contribution in [1.29, 1.82) is 0 Å². The van der Waals surface area contributed by atoms with Crippen LogP contribution in [0, 0.1) is 11.8 Å². The molecule has 21 heavy (non-hydrogen) atoms. The molecule has 0 spiro atoms. The van der Waals surface area contributed by atoms with E-state index in [-0.39, 0.29) is 18.4 Å². The average molecular weight is 294 g/mol. The number of carboxylic acids is 1. The lowest BCUT2D eigenvalue weighted by Gasteiger charge is -2.26. The molecule has 1 aromatic rings. The summed E-state index contributed by atoms with van der Waals surface area (Å²) in [7, 11) is 0. The number of aromatic nitrogens is 3. The first-order valence-electron chi connectivity index (χ1n) is 7.47. The highest BCUT2D eigenvalue weighted by atomic mass is 16.4. The van der Waals surface area contributed by atoms with Gasteiger partial charge in [0.25, 0.3) is 0 Å². The first-order valence-corrected chi connectivity index (χ1v) is 7.47. The van der Waals surface area contributed by atoms with Crippen LogP contribution in [0.3, 0.4) is 0 Å². The quantitative estimate of drug-likeness (QED) is 0.821. The molecular weight excluding hydrogens is 272 g/mol. The number of amides is 1. The molecule has 1 heterocycles. The first-order chi connectivity index (χ1) is 10.1. The highest BCUT2D eigenvalue weighted by Crippen LogP contribution is 2.30. The molecule has 2 rings (SSSR count). The van der Waals surface area contributed by atoms with Gasteiger partial charge in [0, 0.05) is 5.92 Å². The predicted molar refractivity (Wildman–Crippen MR) is 75.2 cm³/mol. The van der Waals surface area contributed by atoms with Crippen LogP contribution < -0.4 is 5.32 Å². The van der Waals surface area contributed by atoms with Crippen LogP contribution in [0.4, 0.5) is 0 Å². The number of hydrogen-bond donors (Lipinski definition) is 2. The minimum Gasteiger partial charge on any atom is -0.480 e. The average Bonchev–Trinajstić information content (AvgIpc) is 2.91. The topological polar surface area (TPSA) is 97.1 Å². The molecule has 1 aromatic heterocycles. The van der Waals surface area contributed by atoms with Gasteiger partial charge in [0.15, 0.2) is 0 Å². The lowest BCUT2D eigenvalue weighted by atomic mass is 9.80. The number of rotatable bonds is 6. The maximum atomic E-state index is 12.1. The summed E-state index contributed by atoms with van der Waals surface area (Å²) in [5, 5.41) is 19.1. The molecule has 7 nitrogen and oxygen atoms in total. The second-order valence-electron chi connectivity index (χ2n) is 5.64. The van der Waals surface area contributed by atoms with Gasteiger partial charge < -0.3 is 10.4 Å². The smallest absolute Gasteiger partial charge is 0.325 e. The van der Waals surface area contributed by atoms with Crippen molar-refractivity contribution in [1.82, 2.24) is 20.3 Å². The van der Waals surface area contributed by atoms with Gasteiger partial charge in [-0.05, 0) is 31.6 Å². The second kappa shape index (κ2) is 7.19. The van der Waals surface area contributed by atoms with Gasteiger partial charge in [-0.3, -0.25) is 9.59 Å². The summed E-state index contributed by atoms with van der Waals surface area (Å²) >= 11 is 0. The number of carboxylic acid groups (broad SMARTS) is 1. The number of nitrogens with zero attached hydrogens (tertiary/aromatic N) is 3. The molecule has 116 valence electrons. The van der Waals surface area contributed by atoms with E-state index in [2.05, 4.69) is 22.6 Å². The van der Waals surface area contributed by atoms with E-state index >= 15 is 0 Å². The van der Waals surface area contributed by atoms with Crippen molar-refractivity contribution >= 4 is 11.9 Å². The summed E-state index contributed by atoms with van der Waals surface area (Å²) in [6.45, 7) is 2.28. The molecule has 0 radical (unpaired) electrons. The Bertz CT molecular complexity index is 492.